The zero-order chi connectivity index (χ0) is 16.3. The van der Waals surface area contributed by atoms with Crippen LogP contribution >= 0.6 is 0 Å². The molecule has 0 aliphatic carbocycles. The monoisotopic (exact) mass is 319 g/mol. The van der Waals surface area contributed by atoms with E-state index in [1.807, 2.05) is 0 Å². The quantitative estimate of drug-likeness (QED) is 0.855. The van der Waals surface area contributed by atoms with Gasteiger partial charge in [-0.25, -0.2) is 8.42 Å². The average Bonchev–Trinajstić information content (AvgIpc) is 2.48. The maximum atomic E-state index is 12.4. The molecule has 0 unspecified atom stereocenters. The Morgan fingerprint density at radius 2 is 1.50 bits per heavy atom. The molecule has 0 fully saturated rings. The van der Waals surface area contributed by atoms with Crippen LogP contribution in [0.2, 0.25) is 0 Å². The first-order chi connectivity index (χ1) is 10.4. The molecule has 0 bridgehead atoms. The van der Waals surface area contributed by atoms with Crippen molar-refractivity contribution in [3.05, 3.63) is 48.5 Å². The molecule has 2 aromatic carbocycles. The summed E-state index contributed by atoms with van der Waals surface area (Å²) in [6.45, 7) is 1.88. The predicted octanol–water partition coefficient (Wildman–Crippen LogP) is 1.27. The molecule has 2 rings (SSSR count). The molecule has 0 saturated carbocycles. The van der Waals surface area contributed by atoms with Crippen LogP contribution in [0.4, 0.5) is 16.2 Å². The number of rotatable bonds is 4. The van der Waals surface area contributed by atoms with Crippen LogP contribution in [0.25, 0.3) is 0 Å². The average molecular weight is 319 g/mol. The van der Waals surface area contributed by atoms with Gasteiger partial charge in [-0.1, -0.05) is 0 Å². The third-order valence-electron chi connectivity index (χ3n) is 3.19. The highest BCUT2D eigenvalue weighted by Gasteiger charge is 2.17. The van der Waals surface area contributed by atoms with Crippen LogP contribution in [-0.2, 0) is 9.84 Å². The van der Waals surface area contributed by atoms with Crippen LogP contribution in [0, 0.1) is 0 Å². The number of nitrogens with zero attached hydrogens (tertiary/aromatic N) is 1. The van der Waals surface area contributed by atoms with Gasteiger partial charge in [0.2, 0.25) is 9.84 Å². The molecule has 22 heavy (non-hydrogen) atoms. The first kappa shape index (κ1) is 15.8. The lowest BCUT2D eigenvalue weighted by Gasteiger charge is -2.23. The van der Waals surface area contributed by atoms with Gasteiger partial charge in [-0.15, -0.1) is 0 Å². The number of carbonyl (C=O) groups is 1. The zero-order valence-corrected chi connectivity index (χ0v) is 12.7. The fourth-order valence-corrected chi connectivity index (χ4v) is 3.27. The lowest BCUT2D eigenvalue weighted by molar-refractivity contribution is -0.246. The van der Waals surface area contributed by atoms with Crippen molar-refractivity contribution >= 4 is 27.3 Å². The van der Waals surface area contributed by atoms with Gasteiger partial charge in [-0.05, 0) is 55.5 Å². The number of hydrogen-bond donors (Lipinski definition) is 1. The Balaban J connectivity index is 2.37. The topological polar surface area (TPSA) is 104 Å². The molecular formula is C15H15N2O4S-. The third-order valence-corrected chi connectivity index (χ3v) is 4.97. The van der Waals surface area contributed by atoms with Gasteiger partial charge in [-0.2, -0.15) is 0 Å². The summed E-state index contributed by atoms with van der Waals surface area (Å²) in [6.07, 6.45) is -1.34. The molecule has 0 heterocycles. The van der Waals surface area contributed by atoms with Crippen LogP contribution in [0.5, 0.6) is 0 Å². The summed E-state index contributed by atoms with van der Waals surface area (Å²) < 4.78 is 24.9. The van der Waals surface area contributed by atoms with Gasteiger partial charge in [0.05, 0.1) is 9.79 Å². The third kappa shape index (κ3) is 3.04. The number of nitrogen functional groups attached to an aromatic ring is 1. The van der Waals surface area contributed by atoms with Crippen LogP contribution in [-0.4, -0.2) is 21.1 Å². The molecular weight excluding hydrogens is 304 g/mol. The largest absolute Gasteiger partial charge is 0.530 e. The van der Waals surface area contributed by atoms with Crippen LogP contribution < -0.4 is 15.7 Å². The van der Waals surface area contributed by atoms with E-state index in [0.717, 1.165) is 4.90 Å². The van der Waals surface area contributed by atoms with E-state index < -0.39 is 15.9 Å². The Morgan fingerprint density at radius 3 is 1.91 bits per heavy atom. The summed E-state index contributed by atoms with van der Waals surface area (Å²) in [5.74, 6) is 0. The number of carbonyl (C=O) groups excluding carboxylic acids is 1. The van der Waals surface area contributed by atoms with Crippen LogP contribution in [0.15, 0.2) is 58.3 Å². The number of sulfone groups is 1. The molecule has 0 aliphatic rings. The summed E-state index contributed by atoms with van der Waals surface area (Å²) in [4.78, 5) is 12.2. The normalized spacial score (nSPS) is 11.1. The number of nitrogens with two attached hydrogens (primary N) is 1. The minimum absolute atomic E-state index is 0.0791. The van der Waals surface area contributed by atoms with Crippen LogP contribution in [0.3, 0.4) is 0 Å². The van der Waals surface area contributed by atoms with Crippen molar-refractivity contribution in [2.75, 3.05) is 17.2 Å². The maximum absolute atomic E-state index is 12.4. The highest BCUT2D eigenvalue weighted by molar-refractivity contribution is 7.91. The minimum Gasteiger partial charge on any atom is -0.530 e. The van der Waals surface area contributed by atoms with E-state index in [-0.39, 0.29) is 16.3 Å². The van der Waals surface area contributed by atoms with E-state index in [2.05, 4.69) is 0 Å². The molecule has 2 aromatic rings. The molecule has 1 amide bonds. The summed E-state index contributed by atoms with van der Waals surface area (Å²) in [5, 5.41) is 11.0. The van der Waals surface area contributed by atoms with E-state index >= 15 is 0 Å². The molecule has 0 aliphatic heterocycles. The summed E-state index contributed by atoms with van der Waals surface area (Å²) in [5.41, 5.74) is 6.38. The van der Waals surface area contributed by atoms with Gasteiger partial charge in [-0.3, -0.25) is 0 Å². The fourth-order valence-electron chi connectivity index (χ4n) is 2.01. The first-order valence-corrected chi connectivity index (χ1v) is 8.03. The Kier molecular flexibility index (Phi) is 4.37. The minimum atomic E-state index is -3.66. The van der Waals surface area contributed by atoms with Crippen molar-refractivity contribution in [2.45, 2.75) is 16.7 Å². The van der Waals surface area contributed by atoms with Crippen molar-refractivity contribution in [1.82, 2.24) is 0 Å². The van der Waals surface area contributed by atoms with Crippen molar-refractivity contribution in [3.8, 4) is 0 Å². The lowest BCUT2D eigenvalue weighted by Crippen LogP contribution is -2.41. The lowest BCUT2D eigenvalue weighted by atomic mass is 10.3. The van der Waals surface area contributed by atoms with Gasteiger partial charge in [0.1, 0.15) is 6.09 Å². The highest BCUT2D eigenvalue weighted by Crippen LogP contribution is 2.24. The van der Waals surface area contributed by atoms with E-state index in [1.54, 1.807) is 6.92 Å². The standard InChI is InChI=1S/C15H16N2O4S/c1-2-17(15(18)19)12-5-9-14(10-6-12)22(20,21)13-7-3-11(16)4-8-13/h3-10H,2,16H2,1H3,(H,18,19)/p-1. The summed E-state index contributed by atoms with van der Waals surface area (Å²) >= 11 is 0. The fraction of sp³-hybridized carbons (Fsp3) is 0.133. The van der Waals surface area contributed by atoms with Crippen LogP contribution in [0.1, 0.15) is 6.92 Å². The maximum Gasteiger partial charge on any atom is 0.206 e. The van der Waals surface area contributed by atoms with Gasteiger partial charge in [0.15, 0.2) is 0 Å². The van der Waals surface area contributed by atoms with Gasteiger partial charge in [0, 0.05) is 17.9 Å². The summed E-state index contributed by atoms with van der Waals surface area (Å²) in [6, 6.07) is 11.5. The second-order valence-corrected chi connectivity index (χ2v) is 6.53. The second-order valence-electron chi connectivity index (χ2n) is 4.58. The van der Waals surface area contributed by atoms with Crippen molar-refractivity contribution in [1.29, 1.82) is 0 Å². The molecule has 0 aromatic heterocycles. The van der Waals surface area contributed by atoms with E-state index in [1.165, 1.54) is 48.5 Å². The first-order valence-electron chi connectivity index (χ1n) is 6.55. The number of benzene rings is 2. The van der Waals surface area contributed by atoms with Gasteiger partial charge in [0.25, 0.3) is 0 Å². The molecule has 0 spiro atoms. The predicted molar refractivity (Wildman–Crippen MR) is 81.2 cm³/mol. The molecule has 7 heteroatoms. The van der Waals surface area contributed by atoms with Crippen molar-refractivity contribution < 1.29 is 18.3 Å². The number of hydrogen-bond acceptors (Lipinski definition) is 5. The second kappa shape index (κ2) is 6.07. The molecule has 6 nitrogen and oxygen atoms in total. The van der Waals surface area contributed by atoms with E-state index in [9.17, 15) is 18.3 Å². The zero-order valence-electron chi connectivity index (χ0n) is 11.9. The molecule has 0 atom stereocenters. The highest BCUT2D eigenvalue weighted by atomic mass is 32.2. The van der Waals surface area contributed by atoms with E-state index in [4.69, 9.17) is 5.73 Å². The van der Waals surface area contributed by atoms with Crippen molar-refractivity contribution in [3.63, 3.8) is 0 Å². The smallest absolute Gasteiger partial charge is 0.206 e. The molecule has 0 radical (unpaired) electrons. The Bertz CT molecular complexity index is 768. The molecule has 2 N–H and O–H groups in total. The van der Waals surface area contributed by atoms with E-state index in [0.29, 0.717) is 11.4 Å². The SMILES string of the molecule is CCN(C(=O)[O-])c1ccc(S(=O)(=O)c2ccc(N)cc2)cc1. The molecule has 116 valence electrons. The number of carboxylic acid groups (broad SMARTS) is 1. The van der Waals surface area contributed by atoms with Gasteiger partial charge < -0.3 is 20.5 Å². The Labute approximate surface area is 128 Å². The summed E-state index contributed by atoms with van der Waals surface area (Å²) in [7, 11) is -3.66. The van der Waals surface area contributed by atoms with Crippen molar-refractivity contribution in [2.24, 2.45) is 0 Å². The molecule has 0 saturated heterocycles. The Hall–Kier alpha value is -2.54. The Morgan fingerprint density at radius 1 is 1.05 bits per heavy atom. The van der Waals surface area contributed by atoms with Gasteiger partial charge >= 0.3 is 0 Å². The number of anilines is 2. The number of amides is 1.